The van der Waals surface area contributed by atoms with E-state index in [0.717, 1.165) is 71.7 Å². The summed E-state index contributed by atoms with van der Waals surface area (Å²) in [6.45, 7) is 4.44. The molecule has 0 amide bonds. The number of nitrogens with zero attached hydrogens (tertiary/aromatic N) is 3. The fourth-order valence-corrected chi connectivity index (χ4v) is 7.61. The Morgan fingerprint density at radius 1 is 0.491 bits per heavy atom. The van der Waals surface area contributed by atoms with Gasteiger partial charge in [-0.15, -0.1) is 0 Å². The Labute approximate surface area is 304 Å². The van der Waals surface area contributed by atoms with Gasteiger partial charge in [-0.05, 0) is 69.7 Å². The minimum Gasteiger partial charge on any atom is -0.456 e. The van der Waals surface area contributed by atoms with E-state index < -0.39 is 0 Å². The number of hydrogen-bond donors (Lipinski definition) is 0. The van der Waals surface area contributed by atoms with Crippen LogP contribution in [0.25, 0.3) is 76.5 Å². The second-order valence-corrected chi connectivity index (χ2v) is 13.2. The summed E-state index contributed by atoms with van der Waals surface area (Å²) >= 11 is 0. The predicted molar refractivity (Wildman–Crippen MR) is 221 cm³/mol. The number of fused-ring (bicyclic) bond motifs is 9. The molecular formula is C48H31N3O2. The summed E-state index contributed by atoms with van der Waals surface area (Å²) in [5, 5.41) is 8.82. The predicted octanol–water partition coefficient (Wildman–Crippen LogP) is 12.6. The van der Waals surface area contributed by atoms with E-state index in [9.17, 15) is 0 Å². The average molecular weight is 682 g/mol. The molecule has 2 aromatic heterocycles. The number of amidine groups is 2. The zero-order chi connectivity index (χ0) is 35.3. The normalized spacial score (nSPS) is 12.5. The van der Waals surface area contributed by atoms with Gasteiger partial charge in [-0.25, -0.2) is 9.98 Å². The molecule has 0 aliphatic rings. The molecule has 0 atom stereocenters. The summed E-state index contributed by atoms with van der Waals surface area (Å²) in [5.41, 5.74) is 8.04. The topological polar surface area (TPSA) is 63.4 Å². The average Bonchev–Trinajstić information content (AvgIpc) is 3.79. The van der Waals surface area contributed by atoms with Crippen LogP contribution in [0, 0.1) is 0 Å². The molecule has 250 valence electrons. The number of rotatable bonds is 5. The van der Waals surface area contributed by atoms with Crippen molar-refractivity contribution >= 4 is 83.8 Å². The van der Waals surface area contributed by atoms with E-state index in [-0.39, 0.29) is 0 Å². The second kappa shape index (κ2) is 12.6. The van der Waals surface area contributed by atoms with Crippen molar-refractivity contribution in [3.8, 4) is 11.1 Å². The van der Waals surface area contributed by atoms with Crippen molar-refractivity contribution in [3.63, 3.8) is 0 Å². The molecule has 0 aliphatic heterocycles. The first kappa shape index (κ1) is 30.7. The van der Waals surface area contributed by atoms with Gasteiger partial charge in [-0.1, -0.05) is 133 Å². The Bertz CT molecular complexity index is 3110. The SMILES string of the molecule is C=NC(=NC(=NCc1ccccc1)c1ccc2c(c1)oc1ccccc12)c1cccc2oc3c(-c4cc5ccccc5c5ccccc45)cccc3c12. The van der Waals surface area contributed by atoms with E-state index in [0.29, 0.717) is 18.2 Å². The molecule has 0 aliphatic carbocycles. The number of para-hydroxylation sites is 2. The molecule has 0 saturated heterocycles. The van der Waals surface area contributed by atoms with Crippen LogP contribution in [0.4, 0.5) is 0 Å². The van der Waals surface area contributed by atoms with Crippen LogP contribution in [0.1, 0.15) is 16.7 Å². The lowest BCUT2D eigenvalue weighted by Crippen LogP contribution is -2.06. The van der Waals surface area contributed by atoms with Gasteiger partial charge in [-0.3, -0.25) is 4.99 Å². The molecule has 0 unspecified atom stereocenters. The number of furan rings is 2. The Balaban J connectivity index is 1.16. The molecule has 5 nitrogen and oxygen atoms in total. The molecule has 10 rings (SSSR count). The largest absolute Gasteiger partial charge is 0.456 e. The lowest BCUT2D eigenvalue weighted by molar-refractivity contribution is 0.668. The maximum atomic E-state index is 6.75. The summed E-state index contributed by atoms with van der Waals surface area (Å²) in [5.74, 6) is 0.989. The Kier molecular flexibility index (Phi) is 7.29. The van der Waals surface area contributed by atoms with Crippen LogP contribution in [0.15, 0.2) is 188 Å². The van der Waals surface area contributed by atoms with E-state index in [1.807, 2.05) is 66.7 Å². The quantitative estimate of drug-likeness (QED) is 0.103. The van der Waals surface area contributed by atoms with Gasteiger partial charge in [-0.2, -0.15) is 0 Å². The van der Waals surface area contributed by atoms with E-state index in [2.05, 4.69) is 109 Å². The molecule has 0 saturated carbocycles. The van der Waals surface area contributed by atoms with Crippen molar-refractivity contribution in [2.45, 2.75) is 6.54 Å². The molecule has 53 heavy (non-hydrogen) atoms. The smallest absolute Gasteiger partial charge is 0.161 e. The highest BCUT2D eigenvalue weighted by atomic mass is 16.3. The lowest BCUT2D eigenvalue weighted by atomic mass is 9.92. The van der Waals surface area contributed by atoms with Crippen LogP contribution in [-0.2, 0) is 6.54 Å². The summed E-state index contributed by atoms with van der Waals surface area (Å²) < 4.78 is 13.0. The first-order valence-corrected chi connectivity index (χ1v) is 17.6. The molecule has 0 fully saturated rings. The summed E-state index contributed by atoms with van der Waals surface area (Å²) in [6, 6.07) is 56.1. The van der Waals surface area contributed by atoms with Gasteiger partial charge in [0.15, 0.2) is 11.7 Å². The van der Waals surface area contributed by atoms with E-state index in [1.54, 1.807) is 0 Å². The first-order chi connectivity index (χ1) is 26.2. The van der Waals surface area contributed by atoms with Crippen molar-refractivity contribution in [3.05, 3.63) is 180 Å². The van der Waals surface area contributed by atoms with Crippen molar-refractivity contribution in [1.29, 1.82) is 0 Å². The molecule has 0 spiro atoms. The van der Waals surface area contributed by atoms with Crippen molar-refractivity contribution in [1.82, 2.24) is 0 Å². The van der Waals surface area contributed by atoms with Gasteiger partial charge in [0.1, 0.15) is 22.3 Å². The minimum absolute atomic E-state index is 0.449. The molecule has 10 aromatic rings. The molecule has 5 heteroatoms. The van der Waals surface area contributed by atoms with Crippen molar-refractivity contribution in [2.24, 2.45) is 15.0 Å². The highest BCUT2D eigenvalue weighted by molar-refractivity contribution is 6.24. The molecule has 0 radical (unpaired) electrons. The van der Waals surface area contributed by atoms with E-state index in [1.165, 1.54) is 21.5 Å². The third kappa shape index (κ3) is 5.21. The van der Waals surface area contributed by atoms with Gasteiger partial charge >= 0.3 is 0 Å². The van der Waals surface area contributed by atoms with E-state index in [4.69, 9.17) is 18.8 Å². The van der Waals surface area contributed by atoms with Crippen molar-refractivity contribution < 1.29 is 8.83 Å². The number of hydrogen-bond acceptors (Lipinski definition) is 3. The van der Waals surface area contributed by atoms with E-state index >= 15 is 0 Å². The fraction of sp³-hybridized carbons (Fsp3) is 0.0208. The number of aliphatic imine (C=N–C) groups is 3. The molecule has 8 aromatic carbocycles. The zero-order valence-electron chi connectivity index (χ0n) is 28.7. The Hall–Kier alpha value is -7.11. The minimum atomic E-state index is 0.449. The van der Waals surface area contributed by atoms with Crippen LogP contribution >= 0.6 is 0 Å². The first-order valence-electron chi connectivity index (χ1n) is 17.6. The van der Waals surface area contributed by atoms with Gasteiger partial charge in [0.25, 0.3) is 0 Å². The van der Waals surface area contributed by atoms with Crippen LogP contribution in [0.5, 0.6) is 0 Å². The lowest BCUT2D eigenvalue weighted by Gasteiger charge is -2.11. The summed E-state index contributed by atoms with van der Waals surface area (Å²) in [4.78, 5) is 14.7. The van der Waals surface area contributed by atoms with Crippen LogP contribution in [-0.4, -0.2) is 18.4 Å². The summed E-state index contributed by atoms with van der Waals surface area (Å²) in [7, 11) is 0. The Morgan fingerprint density at radius 2 is 1.19 bits per heavy atom. The van der Waals surface area contributed by atoms with Crippen LogP contribution in [0.2, 0.25) is 0 Å². The van der Waals surface area contributed by atoms with Gasteiger partial charge < -0.3 is 8.83 Å². The van der Waals surface area contributed by atoms with Gasteiger partial charge in [0.05, 0.1) is 6.54 Å². The fourth-order valence-electron chi connectivity index (χ4n) is 7.61. The van der Waals surface area contributed by atoms with Crippen LogP contribution in [0.3, 0.4) is 0 Å². The maximum absolute atomic E-state index is 6.75. The Morgan fingerprint density at radius 3 is 2.06 bits per heavy atom. The molecule has 2 heterocycles. The summed E-state index contributed by atoms with van der Waals surface area (Å²) in [6.07, 6.45) is 0. The third-order valence-electron chi connectivity index (χ3n) is 10.1. The zero-order valence-corrected chi connectivity index (χ0v) is 28.7. The molecule has 0 bridgehead atoms. The standard InChI is InChI=1S/C48H31N3O2/c1-49-48(51-47(50-29-30-13-3-2-4-14-30)32-25-26-37-36-19-9-10-23-42(36)52-44(37)28-32)40-22-12-24-43-45(40)39-21-11-20-38(46(39)53-43)41-27-31-15-5-6-16-33(31)34-17-7-8-18-35(34)41/h2-28H,1,29H2. The molecular weight excluding hydrogens is 651 g/mol. The monoisotopic (exact) mass is 681 g/mol. The van der Waals surface area contributed by atoms with Gasteiger partial charge in [0, 0.05) is 38.2 Å². The third-order valence-corrected chi connectivity index (χ3v) is 10.1. The molecule has 0 N–H and O–H groups in total. The highest BCUT2D eigenvalue weighted by Crippen LogP contribution is 2.42. The highest BCUT2D eigenvalue weighted by Gasteiger charge is 2.20. The second-order valence-electron chi connectivity index (χ2n) is 13.2. The number of benzene rings is 8. The van der Waals surface area contributed by atoms with Crippen LogP contribution < -0.4 is 0 Å². The van der Waals surface area contributed by atoms with Crippen molar-refractivity contribution in [2.75, 3.05) is 0 Å². The maximum Gasteiger partial charge on any atom is 0.161 e. The van der Waals surface area contributed by atoms with Gasteiger partial charge in [0.2, 0.25) is 0 Å².